The lowest BCUT2D eigenvalue weighted by molar-refractivity contribution is -0.118. The number of hydrogen-bond acceptors (Lipinski definition) is 3. The van der Waals surface area contributed by atoms with Gasteiger partial charge in [-0.15, -0.1) is 0 Å². The summed E-state index contributed by atoms with van der Waals surface area (Å²) in [6.07, 6.45) is 1.60. The van der Waals surface area contributed by atoms with Crippen molar-refractivity contribution in [3.8, 4) is 11.8 Å². The molecule has 0 fully saturated rings. The molecule has 0 aliphatic heterocycles. The molecule has 3 aromatic carbocycles. The van der Waals surface area contributed by atoms with Gasteiger partial charge in [0.25, 0.3) is 5.91 Å². The molecule has 0 heterocycles. The topological polar surface area (TPSA) is 62.1 Å². The summed E-state index contributed by atoms with van der Waals surface area (Å²) < 4.78 is 5.68. The zero-order chi connectivity index (χ0) is 21.5. The summed E-state index contributed by atoms with van der Waals surface area (Å²) in [7, 11) is 0. The van der Waals surface area contributed by atoms with Crippen LogP contribution in [0.4, 0.5) is 5.69 Å². The molecule has 0 aliphatic rings. The normalized spacial score (nSPS) is 10.9. The molecule has 1 N–H and O–H groups in total. The predicted octanol–water partition coefficient (Wildman–Crippen LogP) is 6.73. The lowest BCUT2D eigenvalue weighted by atomic mass is 10.0. The number of hydrogen-bond donors (Lipinski definition) is 1. The maximum Gasteiger partial charge on any atom is 0.262 e. The van der Waals surface area contributed by atoms with Crippen LogP contribution in [-0.4, -0.2) is 12.5 Å². The van der Waals surface area contributed by atoms with Crippen LogP contribution in [0.5, 0.6) is 5.75 Å². The second-order valence-electron chi connectivity index (χ2n) is 6.18. The molecule has 4 nitrogen and oxygen atoms in total. The number of allylic oxidation sites excluding steroid dienone is 1. The van der Waals surface area contributed by atoms with Gasteiger partial charge in [0.05, 0.1) is 16.7 Å². The highest BCUT2D eigenvalue weighted by atomic mass is 35.5. The number of rotatable bonds is 6. The number of para-hydroxylation sites is 1. The Hall–Kier alpha value is -2.97. The second kappa shape index (κ2) is 10.2. The van der Waals surface area contributed by atoms with E-state index < -0.39 is 0 Å². The molecule has 3 aromatic rings. The Labute approximate surface area is 189 Å². The monoisotopic (exact) mass is 456 g/mol. The first kappa shape index (κ1) is 21.7. The van der Waals surface area contributed by atoms with Crippen molar-refractivity contribution in [3.05, 3.63) is 92.9 Å². The number of amides is 1. The number of carbonyl (C=O) groups excluding carboxylic acids is 1. The van der Waals surface area contributed by atoms with Crippen molar-refractivity contribution in [2.45, 2.75) is 0 Å². The van der Waals surface area contributed by atoms with Crippen molar-refractivity contribution >= 4 is 58.0 Å². The average Bonchev–Trinajstić information content (AvgIpc) is 2.72. The maximum absolute atomic E-state index is 12.2. The first-order valence-electron chi connectivity index (χ1n) is 8.81. The van der Waals surface area contributed by atoms with E-state index in [1.165, 1.54) is 0 Å². The minimum atomic E-state index is -0.313. The Morgan fingerprint density at radius 1 is 1.00 bits per heavy atom. The van der Waals surface area contributed by atoms with Crippen molar-refractivity contribution < 1.29 is 9.53 Å². The van der Waals surface area contributed by atoms with Crippen LogP contribution >= 0.6 is 34.8 Å². The van der Waals surface area contributed by atoms with Gasteiger partial charge < -0.3 is 10.1 Å². The zero-order valence-electron chi connectivity index (χ0n) is 15.5. The van der Waals surface area contributed by atoms with Crippen molar-refractivity contribution in [3.63, 3.8) is 0 Å². The quantitative estimate of drug-likeness (QED) is 0.330. The summed E-state index contributed by atoms with van der Waals surface area (Å²) in [4.78, 5) is 12.2. The molecule has 0 aliphatic carbocycles. The van der Waals surface area contributed by atoms with Gasteiger partial charge in [0.15, 0.2) is 6.61 Å². The van der Waals surface area contributed by atoms with Gasteiger partial charge in [-0.1, -0.05) is 59.1 Å². The Morgan fingerprint density at radius 2 is 1.70 bits per heavy atom. The van der Waals surface area contributed by atoms with E-state index in [0.29, 0.717) is 43.2 Å². The predicted molar refractivity (Wildman–Crippen MR) is 122 cm³/mol. The van der Waals surface area contributed by atoms with Gasteiger partial charge in [0, 0.05) is 26.9 Å². The summed E-state index contributed by atoms with van der Waals surface area (Å²) in [6.45, 7) is -0.207. The minimum absolute atomic E-state index is 0.207. The third-order valence-corrected chi connectivity index (χ3v) is 4.81. The Bertz CT molecular complexity index is 1140. The first-order chi connectivity index (χ1) is 14.5. The molecule has 150 valence electrons. The number of anilines is 1. The number of nitrogens with zero attached hydrogens (tertiary/aromatic N) is 1. The van der Waals surface area contributed by atoms with E-state index in [2.05, 4.69) is 11.4 Å². The lowest BCUT2D eigenvalue weighted by Crippen LogP contribution is -2.20. The molecule has 1 amide bonds. The van der Waals surface area contributed by atoms with Gasteiger partial charge in [-0.3, -0.25) is 4.79 Å². The summed E-state index contributed by atoms with van der Waals surface area (Å²) in [5.41, 5.74) is 2.04. The molecule has 0 atom stereocenters. The Kier molecular flexibility index (Phi) is 7.37. The molecular weight excluding hydrogens is 443 g/mol. The number of nitriles is 1. The van der Waals surface area contributed by atoms with Crippen LogP contribution in [0.15, 0.2) is 66.7 Å². The highest BCUT2D eigenvalue weighted by Gasteiger charge is 2.11. The van der Waals surface area contributed by atoms with Crippen LogP contribution in [0.25, 0.3) is 11.6 Å². The highest BCUT2D eigenvalue weighted by molar-refractivity contribution is 6.36. The number of carbonyl (C=O) groups is 1. The third-order valence-electron chi connectivity index (χ3n) is 4.03. The fourth-order valence-corrected chi connectivity index (χ4v) is 3.35. The third kappa shape index (κ3) is 5.77. The fraction of sp³-hybridized carbons (Fsp3) is 0.0435. The summed E-state index contributed by atoms with van der Waals surface area (Å²) in [5.74, 6) is 0.0905. The first-order valence-corrected chi connectivity index (χ1v) is 9.94. The van der Waals surface area contributed by atoms with Crippen LogP contribution in [0.2, 0.25) is 15.1 Å². The van der Waals surface area contributed by atoms with Crippen LogP contribution in [0, 0.1) is 11.3 Å². The second-order valence-corrected chi connectivity index (χ2v) is 7.46. The molecule has 0 spiro atoms. The van der Waals surface area contributed by atoms with Crippen LogP contribution in [0.1, 0.15) is 11.1 Å². The van der Waals surface area contributed by atoms with Crippen molar-refractivity contribution in [2.75, 3.05) is 11.9 Å². The molecular formula is C23H15Cl3N2O2. The largest absolute Gasteiger partial charge is 0.483 e. The smallest absolute Gasteiger partial charge is 0.262 e. The van der Waals surface area contributed by atoms with Gasteiger partial charge in [-0.25, -0.2) is 0 Å². The van der Waals surface area contributed by atoms with E-state index in [4.69, 9.17) is 39.5 Å². The molecule has 30 heavy (non-hydrogen) atoms. The molecule has 0 bridgehead atoms. The van der Waals surface area contributed by atoms with E-state index in [1.54, 1.807) is 54.6 Å². The minimum Gasteiger partial charge on any atom is -0.483 e. The lowest BCUT2D eigenvalue weighted by Gasteiger charge is -2.11. The van der Waals surface area contributed by atoms with Crippen LogP contribution in [-0.2, 0) is 4.79 Å². The molecule has 0 saturated carbocycles. The molecule has 7 heteroatoms. The van der Waals surface area contributed by atoms with Gasteiger partial charge >= 0.3 is 0 Å². The maximum atomic E-state index is 12.2. The molecule has 3 rings (SSSR count). The highest BCUT2D eigenvalue weighted by Crippen LogP contribution is 2.31. The SMILES string of the molecule is N#C/C(=C\c1cc(Cl)ccc1OCC(=O)Nc1ccccc1)c1ccc(Cl)cc1Cl. The van der Waals surface area contributed by atoms with Crippen LogP contribution in [0.3, 0.4) is 0 Å². The van der Waals surface area contributed by atoms with Crippen LogP contribution < -0.4 is 10.1 Å². The summed E-state index contributed by atoms with van der Waals surface area (Å²) >= 11 is 18.3. The Balaban J connectivity index is 1.83. The van der Waals surface area contributed by atoms with Crippen molar-refractivity contribution in [1.82, 2.24) is 0 Å². The number of benzene rings is 3. The van der Waals surface area contributed by atoms with E-state index in [9.17, 15) is 10.1 Å². The van der Waals surface area contributed by atoms with Gasteiger partial charge in [0.2, 0.25) is 0 Å². The van der Waals surface area contributed by atoms with E-state index in [1.807, 2.05) is 18.2 Å². The van der Waals surface area contributed by atoms with Gasteiger partial charge in [-0.2, -0.15) is 5.26 Å². The zero-order valence-corrected chi connectivity index (χ0v) is 17.8. The Morgan fingerprint density at radius 3 is 2.40 bits per heavy atom. The van der Waals surface area contributed by atoms with E-state index in [-0.39, 0.29) is 12.5 Å². The van der Waals surface area contributed by atoms with Gasteiger partial charge in [0.1, 0.15) is 5.75 Å². The number of halogens is 3. The standard InChI is InChI=1S/C23H15Cl3N2O2/c24-17-7-9-22(30-14-23(29)28-19-4-2-1-3-5-19)15(11-17)10-16(13-27)20-8-6-18(25)12-21(20)26/h1-12H,14H2,(H,28,29)/b16-10+. The molecule has 0 aromatic heterocycles. The molecule has 0 unspecified atom stereocenters. The fourth-order valence-electron chi connectivity index (χ4n) is 2.66. The van der Waals surface area contributed by atoms with E-state index >= 15 is 0 Å². The molecule has 0 radical (unpaired) electrons. The van der Waals surface area contributed by atoms with Crippen molar-refractivity contribution in [1.29, 1.82) is 5.26 Å². The van der Waals surface area contributed by atoms with Gasteiger partial charge in [-0.05, 0) is 48.5 Å². The summed E-state index contributed by atoms with van der Waals surface area (Å²) in [5, 5.41) is 13.7. The van der Waals surface area contributed by atoms with Crippen molar-refractivity contribution in [2.24, 2.45) is 0 Å². The number of ether oxygens (including phenoxy) is 1. The number of nitrogens with one attached hydrogen (secondary N) is 1. The van der Waals surface area contributed by atoms with E-state index in [0.717, 1.165) is 0 Å². The molecule has 0 saturated heterocycles. The average molecular weight is 458 g/mol. The summed E-state index contributed by atoms with van der Waals surface area (Å²) in [6, 6.07) is 21.0.